The molecule has 0 saturated heterocycles. The minimum atomic E-state index is -0.434. The molecule has 0 bridgehead atoms. The first-order valence-corrected chi connectivity index (χ1v) is 6.35. The maximum atomic E-state index is 13.4. The topological polar surface area (TPSA) is 76.4 Å². The Labute approximate surface area is 120 Å². The van der Waals surface area contributed by atoms with Crippen LogP contribution >= 0.6 is 0 Å². The lowest BCUT2D eigenvalue weighted by Crippen LogP contribution is -2.17. The molecule has 0 spiro atoms. The van der Waals surface area contributed by atoms with Crippen LogP contribution in [-0.4, -0.2) is 20.6 Å². The predicted molar refractivity (Wildman–Crippen MR) is 77.7 cm³/mol. The molecular weight excluding hydrogens is 271 g/mol. The maximum Gasteiger partial charge on any atom is 0.170 e. The summed E-state index contributed by atoms with van der Waals surface area (Å²) in [5.74, 6) is -0.551. The van der Waals surface area contributed by atoms with Crippen LogP contribution in [0.15, 0.2) is 53.9 Å². The van der Waals surface area contributed by atoms with Gasteiger partial charge in [0.1, 0.15) is 5.82 Å². The van der Waals surface area contributed by atoms with Crippen LogP contribution in [0.25, 0.3) is 11.0 Å². The van der Waals surface area contributed by atoms with Crippen molar-refractivity contribution in [3.63, 3.8) is 0 Å². The van der Waals surface area contributed by atoms with Crippen LogP contribution in [-0.2, 0) is 6.54 Å². The number of benzene rings is 2. The molecule has 3 N–H and O–H groups in total. The second kappa shape index (κ2) is 5.24. The average Bonchev–Trinajstić information content (AvgIpc) is 2.91. The molecular formula is C15H13FN4O. The number of nitrogens with two attached hydrogens (primary N) is 1. The van der Waals surface area contributed by atoms with Crippen molar-refractivity contribution in [3.05, 3.63) is 65.7 Å². The molecule has 21 heavy (non-hydrogen) atoms. The van der Waals surface area contributed by atoms with Crippen LogP contribution in [0, 0.1) is 5.82 Å². The number of imidazole rings is 1. The third-order valence-electron chi connectivity index (χ3n) is 3.32. The fourth-order valence-electron chi connectivity index (χ4n) is 2.30. The lowest BCUT2D eigenvalue weighted by atomic mass is 10.1. The van der Waals surface area contributed by atoms with Crippen molar-refractivity contribution in [2.24, 2.45) is 10.9 Å². The van der Waals surface area contributed by atoms with Crippen LogP contribution < -0.4 is 5.73 Å². The Morgan fingerprint density at radius 2 is 2.10 bits per heavy atom. The second-order valence-electron chi connectivity index (χ2n) is 4.65. The molecule has 3 aromatic rings. The number of para-hydroxylation sites is 2. The summed E-state index contributed by atoms with van der Waals surface area (Å²) in [4.78, 5) is 4.31. The van der Waals surface area contributed by atoms with E-state index in [0.717, 1.165) is 16.6 Å². The van der Waals surface area contributed by atoms with Crippen LogP contribution in [0.1, 0.15) is 11.1 Å². The highest BCUT2D eigenvalue weighted by atomic mass is 19.1. The largest absolute Gasteiger partial charge is 0.409 e. The molecule has 2 aromatic carbocycles. The van der Waals surface area contributed by atoms with Gasteiger partial charge in [0.15, 0.2) is 5.84 Å². The Balaban J connectivity index is 2.06. The van der Waals surface area contributed by atoms with Crippen LogP contribution in [0.2, 0.25) is 0 Å². The Morgan fingerprint density at radius 3 is 2.90 bits per heavy atom. The predicted octanol–water partition coefficient (Wildman–Crippen LogP) is 2.32. The SMILES string of the molecule is NC(=NO)c1cc(F)ccc1Cn1cnc2ccccc21. The van der Waals surface area contributed by atoms with E-state index < -0.39 is 5.82 Å². The van der Waals surface area contributed by atoms with Crippen LogP contribution in [0.4, 0.5) is 4.39 Å². The molecule has 0 amide bonds. The smallest absolute Gasteiger partial charge is 0.170 e. The van der Waals surface area contributed by atoms with E-state index in [-0.39, 0.29) is 5.84 Å². The summed E-state index contributed by atoms with van der Waals surface area (Å²) in [6.45, 7) is 0.451. The van der Waals surface area contributed by atoms with E-state index in [1.165, 1.54) is 12.1 Å². The Hall–Kier alpha value is -2.89. The van der Waals surface area contributed by atoms with Gasteiger partial charge < -0.3 is 15.5 Å². The van der Waals surface area contributed by atoms with Gasteiger partial charge in [0.05, 0.1) is 17.4 Å². The van der Waals surface area contributed by atoms with Crippen molar-refractivity contribution in [1.82, 2.24) is 9.55 Å². The normalized spacial score (nSPS) is 12.0. The molecule has 0 atom stereocenters. The Morgan fingerprint density at radius 1 is 1.29 bits per heavy atom. The summed E-state index contributed by atoms with van der Waals surface area (Å²) in [6, 6.07) is 11.9. The van der Waals surface area contributed by atoms with E-state index in [1.54, 1.807) is 12.4 Å². The zero-order chi connectivity index (χ0) is 14.8. The van der Waals surface area contributed by atoms with Gasteiger partial charge in [0.2, 0.25) is 0 Å². The number of nitrogens with zero attached hydrogens (tertiary/aromatic N) is 3. The molecule has 5 nitrogen and oxygen atoms in total. The van der Waals surface area contributed by atoms with E-state index in [4.69, 9.17) is 10.9 Å². The Bertz CT molecular complexity index is 825. The van der Waals surface area contributed by atoms with Gasteiger partial charge in [-0.15, -0.1) is 0 Å². The van der Waals surface area contributed by atoms with Crippen molar-refractivity contribution in [2.75, 3.05) is 0 Å². The summed E-state index contributed by atoms with van der Waals surface area (Å²) >= 11 is 0. The molecule has 0 aliphatic rings. The summed E-state index contributed by atoms with van der Waals surface area (Å²) in [7, 11) is 0. The first-order chi connectivity index (χ1) is 10.2. The van der Waals surface area contributed by atoms with Gasteiger partial charge in [-0.25, -0.2) is 9.37 Å². The highest BCUT2D eigenvalue weighted by molar-refractivity contribution is 5.98. The first-order valence-electron chi connectivity index (χ1n) is 6.35. The highest BCUT2D eigenvalue weighted by Crippen LogP contribution is 2.17. The molecule has 0 aliphatic carbocycles. The number of amidine groups is 1. The van der Waals surface area contributed by atoms with Crippen molar-refractivity contribution in [1.29, 1.82) is 0 Å². The highest BCUT2D eigenvalue weighted by Gasteiger charge is 2.10. The number of hydrogen-bond acceptors (Lipinski definition) is 3. The number of fused-ring (bicyclic) bond motifs is 1. The average molecular weight is 284 g/mol. The van der Waals surface area contributed by atoms with E-state index in [9.17, 15) is 4.39 Å². The number of rotatable bonds is 3. The quantitative estimate of drug-likeness (QED) is 0.335. The molecule has 1 aromatic heterocycles. The molecule has 0 radical (unpaired) electrons. The molecule has 1 heterocycles. The Kier molecular flexibility index (Phi) is 3.27. The molecule has 0 fully saturated rings. The third-order valence-corrected chi connectivity index (χ3v) is 3.32. The molecule has 6 heteroatoms. The van der Waals surface area contributed by atoms with Crippen molar-refractivity contribution in [2.45, 2.75) is 6.54 Å². The van der Waals surface area contributed by atoms with Gasteiger partial charge in [0.25, 0.3) is 0 Å². The van der Waals surface area contributed by atoms with E-state index in [2.05, 4.69) is 10.1 Å². The first kappa shape index (κ1) is 13.1. The minimum absolute atomic E-state index is 0.117. The maximum absolute atomic E-state index is 13.4. The van der Waals surface area contributed by atoms with Gasteiger partial charge in [-0.05, 0) is 29.8 Å². The zero-order valence-corrected chi connectivity index (χ0v) is 11.1. The second-order valence-corrected chi connectivity index (χ2v) is 4.65. The van der Waals surface area contributed by atoms with E-state index >= 15 is 0 Å². The molecule has 0 unspecified atom stereocenters. The van der Waals surface area contributed by atoms with E-state index in [0.29, 0.717) is 12.1 Å². The number of hydrogen-bond donors (Lipinski definition) is 2. The summed E-state index contributed by atoms with van der Waals surface area (Å²) in [5.41, 5.74) is 8.57. The van der Waals surface area contributed by atoms with Crippen molar-refractivity contribution >= 4 is 16.9 Å². The zero-order valence-electron chi connectivity index (χ0n) is 11.1. The lowest BCUT2D eigenvalue weighted by Gasteiger charge is -2.10. The minimum Gasteiger partial charge on any atom is -0.409 e. The van der Waals surface area contributed by atoms with Crippen molar-refractivity contribution < 1.29 is 9.60 Å². The molecule has 106 valence electrons. The van der Waals surface area contributed by atoms with Crippen LogP contribution in [0.5, 0.6) is 0 Å². The van der Waals surface area contributed by atoms with Gasteiger partial charge in [-0.3, -0.25) is 0 Å². The summed E-state index contributed by atoms with van der Waals surface area (Å²) < 4.78 is 15.3. The van der Waals surface area contributed by atoms with Gasteiger partial charge in [-0.2, -0.15) is 0 Å². The standard InChI is InChI=1S/C15H13FN4O/c16-11-6-5-10(12(7-11)15(17)19-21)8-20-9-18-13-3-1-2-4-14(13)20/h1-7,9,21H,8H2,(H2,17,19). The number of halogens is 1. The fraction of sp³-hybridized carbons (Fsp3) is 0.0667. The summed E-state index contributed by atoms with van der Waals surface area (Å²) in [5, 5.41) is 11.8. The van der Waals surface area contributed by atoms with Gasteiger partial charge in [-0.1, -0.05) is 23.4 Å². The fourth-order valence-corrected chi connectivity index (χ4v) is 2.30. The number of aromatic nitrogens is 2. The molecule has 0 aliphatic heterocycles. The van der Waals surface area contributed by atoms with Crippen molar-refractivity contribution in [3.8, 4) is 0 Å². The third kappa shape index (κ3) is 2.43. The van der Waals surface area contributed by atoms with Gasteiger partial charge in [0, 0.05) is 12.1 Å². The van der Waals surface area contributed by atoms with Crippen LogP contribution in [0.3, 0.4) is 0 Å². The van der Waals surface area contributed by atoms with E-state index in [1.807, 2.05) is 28.8 Å². The monoisotopic (exact) mass is 284 g/mol. The number of oxime groups is 1. The molecule has 0 saturated carbocycles. The van der Waals surface area contributed by atoms with Gasteiger partial charge >= 0.3 is 0 Å². The lowest BCUT2D eigenvalue weighted by molar-refractivity contribution is 0.318. The molecule has 3 rings (SSSR count). The summed E-state index contributed by atoms with van der Waals surface area (Å²) in [6.07, 6.45) is 1.71.